The molecule has 0 saturated heterocycles. The molecule has 1 amide bonds. The molecule has 0 bridgehead atoms. The minimum absolute atomic E-state index is 0.202. The summed E-state index contributed by atoms with van der Waals surface area (Å²) in [6.07, 6.45) is 0. The Morgan fingerprint density at radius 2 is 1.92 bits per heavy atom. The standard InChI is InChI=1S/C18H19Cl2FN2O2/c1-3-23(10-12-7-8-16(25-2)15(21)9-12)11-17(24)22-18-13(19)5-4-6-14(18)20/h4-9H,3,10-11H2,1-2H3,(H,22,24)/p+1. The lowest BCUT2D eigenvalue weighted by molar-refractivity contribution is -0.903. The molecule has 134 valence electrons. The summed E-state index contributed by atoms with van der Waals surface area (Å²) in [5.41, 5.74) is 1.19. The molecule has 0 fully saturated rings. The van der Waals surface area contributed by atoms with Crippen LogP contribution >= 0.6 is 23.2 Å². The molecule has 0 aliphatic carbocycles. The van der Waals surface area contributed by atoms with Gasteiger partial charge in [-0.15, -0.1) is 0 Å². The van der Waals surface area contributed by atoms with Crippen molar-refractivity contribution in [1.29, 1.82) is 0 Å². The quantitative estimate of drug-likeness (QED) is 0.768. The van der Waals surface area contributed by atoms with Gasteiger partial charge in [0.25, 0.3) is 5.91 Å². The highest BCUT2D eigenvalue weighted by atomic mass is 35.5. The maximum Gasteiger partial charge on any atom is 0.279 e. The molecular weight excluding hydrogens is 366 g/mol. The van der Waals surface area contributed by atoms with E-state index in [1.165, 1.54) is 13.2 Å². The summed E-state index contributed by atoms with van der Waals surface area (Å²) in [5, 5.41) is 3.51. The van der Waals surface area contributed by atoms with Crippen LogP contribution in [0.5, 0.6) is 5.75 Å². The molecule has 2 aromatic rings. The van der Waals surface area contributed by atoms with Crippen molar-refractivity contribution >= 4 is 34.8 Å². The number of rotatable bonds is 7. The fourth-order valence-corrected chi connectivity index (χ4v) is 2.94. The summed E-state index contributed by atoms with van der Waals surface area (Å²) in [4.78, 5) is 13.3. The zero-order chi connectivity index (χ0) is 18.4. The van der Waals surface area contributed by atoms with E-state index >= 15 is 0 Å². The van der Waals surface area contributed by atoms with Crippen molar-refractivity contribution in [2.24, 2.45) is 0 Å². The summed E-state index contributed by atoms with van der Waals surface area (Å²) < 4.78 is 18.7. The molecule has 0 saturated carbocycles. The van der Waals surface area contributed by atoms with E-state index in [2.05, 4.69) is 5.32 Å². The first-order valence-electron chi connectivity index (χ1n) is 7.84. The van der Waals surface area contributed by atoms with Gasteiger partial charge in [0.15, 0.2) is 18.1 Å². The number of nitrogens with one attached hydrogen (secondary N) is 2. The van der Waals surface area contributed by atoms with E-state index in [0.717, 1.165) is 10.5 Å². The third-order valence-electron chi connectivity index (χ3n) is 3.81. The Morgan fingerprint density at radius 1 is 1.24 bits per heavy atom. The van der Waals surface area contributed by atoms with E-state index in [1.807, 2.05) is 6.92 Å². The summed E-state index contributed by atoms with van der Waals surface area (Å²) >= 11 is 12.1. The van der Waals surface area contributed by atoms with Gasteiger partial charge in [0.05, 0.1) is 29.4 Å². The van der Waals surface area contributed by atoms with Crippen LogP contribution in [0.2, 0.25) is 10.0 Å². The number of para-hydroxylation sites is 1. The summed E-state index contributed by atoms with van der Waals surface area (Å²) in [6, 6.07) is 9.84. The number of carbonyl (C=O) groups excluding carboxylic acids is 1. The van der Waals surface area contributed by atoms with E-state index in [9.17, 15) is 9.18 Å². The van der Waals surface area contributed by atoms with Crippen molar-refractivity contribution in [2.75, 3.05) is 25.5 Å². The second kappa shape index (κ2) is 9.04. The van der Waals surface area contributed by atoms with Gasteiger partial charge in [-0.25, -0.2) is 4.39 Å². The summed E-state index contributed by atoms with van der Waals surface area (Å²) in [5.74, 6) is -0.420. The SMILES string of the molecule is CC[NH+](CC(=O)Nc1c(Cl)cccc1Cl)Cc1ccc(OC)c(F)c1. The minimum atomic E-state index is -0.414. The number of halogens is 3. The van der Waals surface area contributed by atoms with Gasteiger partial charge in [-0.05, 0) is 37.3 Å². The minimum Gasteiger partial charge on any atom is -0.494 e. The van der Waals surface area contributed by atoms with Crippen molar-refractivity contribution < 1.29 is 18.8 Å². The number of carbonyl (C=O) groups is 1. The number of methoxy groups -OCH3 is 1. The summed E-state index contributed by atoms with van der Waals surface area (Å²) in [6.45, 7) is 3.40. The van der Waals surface area contributed by atoms with Crippen LogP contribution in [0, 0.1) is 5.82 Å². The molecule has 7 heteroatoms. The molecule has 2 aromatic carbocycles. The lowest BCUT2D eigenvalue weighted by Gasteiger charge is -2.18. The second-order valence-corrected chi connectivity index (χ2v) is 6.39. The van der Waals surface area contributed by atoms with Crippen LogP contribution in [0.3, 0.4) is 0 Å². The smallest absolute Gasteiger partial charge is 0.279 e. The van der Waals surface area contributed by atoms with Gasteiger partial charge in [0, 0.05) is 5.56 Å². The number of likely N-dealkylation sites (N-methyl/N-ethyl adjacent to an activating group) is 1. The van der Waals surface area contributed by atoms with E-state index < -0.39 is 5.82 Å². The van der Waals surface area contributed by atoms with Gasteiger partial charge in [0.2, 0.25) is 0 Å². The number of ether oxygens (including phenoxy) is 1. The van der Waals surface area contributed by atoms with Crippen molar-refractivity contribution in [1.82, 2.24) is 0 Å². The number of benzene rings is 2. The largest absolute Gasteiger partial charge is 0.494 e. The molecule has 2 rings (SSSR count). The predicted octanol–water partition coefficient (Wildman–Crippen LogP) is 3.18. The highest BCUT2D eigenvalue weighted by Crippen LogP contribution is 2.29. The Kier molecular flexibility index (Phi) is 7.05. The molecule has 25 heavy (non-hydrogen) atoms. The van der Waals surface area contributed by atoms with E-state index in [0.29, 0.717) is 28.8 Å². The van der Waals surface area contributed by atoms with Crippen LogP contribution in [0.4, 0.5) is 10.1 Å². The van der Waals surface area contributed by atoms with E-state index in [1.54, 1.807) is 30.3 Å². The first kappa shape index (κ1) is 19.5. The van der Waals surface area contributed by atoms with Crippen molar-refractivity contribution in [3.63, 3.8) is 0 Å². The number of amides is 1. The Bertz CT molecular complexity index is 736. The second-order valence-electron chi connectivity index (χ2n) is 5.57. The Hall–Kier alpha value is -1.82. The van der Waals surface area contributed by atoms with E-state index in [4.69, 9.17) is 27.9 Å². The topological polar surface area (TPSA) is 42.8 Å². The Balaban J connectivity index is 2.01. The van der Waals surface area contributed by atoms with E-state index in [-0.39, 0.29) is 18.2 Å². The average Bonchev–Trinajstić information content (AvgIpc) is 2.58. The highest BCUT2D eigenvalue weighted by molar-refractivity contribution is 6.39. The van der Waals surface area contributed by atoms with Crippen LogP contribution < -0.4 is 15.0 Å². The third kappa shape index (κ3) is 5.33. The van der Waals surface area contributed by atoms with Crippen molar-refractivity contribution in [3.05, 3.63) is 57.8 Å². The maximum atomic E-state index is 13.8. The number of hydrogen-bond acceptors (Lipinski definition) is 2. The lowest BCUT2D eigenvalue weighted by atomic mass is 10.2. The Morgan fingerprint density at radius 3 is 2.48 bits per heavy atom. The first-order chi connectivity index (χ1) is 11.9. The molecule has 1 unspecified atom stereocenters. The normalized spacial score (nSPS) is 11.9. The molecule has 1 atom stereocenters. The predicted molar refractivity (Wildman–Crippen MR) is 98.1 cm³/mol. The molecule has 0 aromatic heterocycles. The monoisotopic (exact) mass is 385 g/mol. The van der Waals surface area contributed by atoms with Crippen LogP contribution in [-0.2, 0) is 11.3 Å². The Labute approximate surface area is 156 Å². The molecular formula is C18H20Cl2FN2O2+. The van der Waals surface area contributed by atoms with Gasteiger partial charge in [0.1, 0.15) is 6.54 Å². The van der Waals surface area contributed by atoms with Gasteiger partial charge in [-0.2, -0.15) is 0 Å². The van der Waals surface area contributed by atoms with Crippen LogP contribution in [0.25, 0.3) is 0 Å². The fourth-order valence-electron chi connectivity index (χ4n) is 2.45. The number of hydrogen-bond donors (Lipinski definition) is 2. The van der Waals surface area contributed by atoms with Crippen LogP contribution in [0.15, 0.2) is 36.4 Å². The zero-order valence-electron chi connectivity index (χ0n) is 14.0. The third-order valence-corrected chi connectivity index (χ3v) is 4.44. The van der Waals surface area contributed by atoms with Gasteiger partial charge in [-0.3, -0.25) is 4.79 Å². The zero-order valence-corrected chi connectivity index (χ0v) is 15.5. The van der Waals surface area contributed by atoms with Gasteiger partial charge in [-0.1, -0.05) is 29.3 Å². The first-order valence-corrected chi connectivity index (χ1v) is 8.60. The van der Waals surface area contributed by atoms with Gasteiger partial charge < -0.3 is 15.0 Å². The number of quaternary nitrogens is 1. The average molecular weight is 386 g/mol. The van der Waals surface area contributed by atoms with Crippen LogP contribution in [-0.4, -0.2) is 26.1 Å². The highest BCUT2D eigenvalue weighted by Gasteiger charge is 2.16. The maximum absolute atomic E-state index is 13.8. The molecule has 0 radical (unpaired) electrons. The van der Waals surface area contributed by atoms with Crippen LogP contribution in [0.1, 0.15) is 12.5 Å². The molecule has 0 aliphatic heterocycles. The molecule has 4 nitrogen and oxygen atoms in total. The van der Waals surface area contributed by atoms with Crippen molar-refractivity contribution in [3.8, 4) is 5.75 Å². The molecule has 2 N–H and O–H groups in total. The molecule has 0 aliphatic rings. The molecule has 0 heterocycles. The van der Waals surface area contributed by atoms with Crippen molar-refractivity contribution in [2.45, 2.75) is 13.5 Å². The fraction of sp³-hybridized carbons (Fsp3) is 0.278. The lowest BCUT2D eigenvalue weighted by Crippen LogP contribution is -3.11. The van der Waals surface area contributed by atoms with Gasteiger partial charge >= 0.3 is 0 Å². The molecule has 0 spiro atoms. The number of anilines is 1. The summed E-state index contributed by atoms with van der Waals surface area (Å²) in [7, 11) is 1.42.